The van der Waals surface area contributed by atoms with Gasteiger partial charge in [0.1, 0.15) is 0 Å². The van der Waals surface area contributed by atoms with Crippen LogP contribution in [0.3, 0.4) is 0 Å². The molecule has 0 spiro atoms. The molecule has 1 aromatic carbocycles. The molecule has 0 N–H and O–H groups in total. The van der Waals surface area contributed by atoms with E-state index in [1.54, 1.807) is 29.2 Å². The molecule has 3 amide bonds. The summed E-state index contributed by atoms with van der Waals surface area (Å²) < 4.78 is 5.44. The number of esters is 1. The number of hydrogen-bond donors (Lipinski definition) is 0. The van der Waals surface area contributed by atoms with Gasteiger partial charge in [0.15, 0.2) is 6.61 Å². The molecule has 1 unspecified atom stereocenters. The van der Waals surface area contributed by atoms with Crippen molar-refractivity contribution in [1.29, 1.82) is 0 Å². The van der Waals surface area contributed by atoms with Gasteiger partial charge in [0.05, 0.1) is 11.3 Å². The molecule has 1 saturated heterocycles. The fraction of sp³-hybridized carbons (Fsp3) is 0.545. The predicted octanol–water partition coefficient (Wildman–Crippen LogP) is 1.79. The fourth-order valence-electron chi connectivity index (χ4n) is 4.42. The molecular formula is C22H27N3O5. The number of para-hydroxylation sites is 1. The Labute approximate surface area is 175 Å². The summed E-state index contributed by atoms with van der Waals surface area (Å²) in [5.41, 5.74) is -0.768. The number of anilines is 1. The number of carbonyl (C=O) groups is 4. The van der Waals surface area contributed by atoms with E-state index in [0.29, 0.717) is 30.3 Å². The highest BCUT2D eigenvalue weighted by atomic mass is 16.5. The maximum atomic E-state index is 13.3. The zero-order valence-corrected chi connectivity index (χ0v) is 17.4. The van der Waals surface area contributed by atoms with Crippen molar-refractivity contribution in [2.45, 2.75) is 44.7 Å². The van der Waals surface area contributed by atoms with Crippen molar-refractivity contribution < 1.29 is 23.9 Å². The molecule has 2 aliphatic heterocycles. The van der Waals surface area contributed by atoms with Gasteiger partial charge in [-0.25, -0.2) is 4.79 Å². The van der Waals surface area contributed by atoms with Crippen LogP contribution in [0.4, 0.5) is 5.69 Å². The number of rotatable bonds is 7. The topological polar surface area (TPSA) is 87.2 Å². The third-order valence-electron chi connectivity index (χ3n) is 6.22. The molecule has 2 fully saturated rings. The van der Waals surface area contributed by atoms with Gasteiger partial charge in [-0.2, -0.15) is 0 Å². The average Bonchev–Trinajstić information content (AvgIpc) is 3.50. The predicted molar refractivity (Wildman–Crippen MR) is 109 cm³/mol. The Morgan fingerprint density at radius 1 is 1.23 bits per heavy atom. The van der Waals surface area contributed by atoms with Crippen molar-refractivity contribution >= 4 is 29.4 Å². The first kappa shape index (κ1) is 20.4. The first-order chi connectivity index (χ1) is 14.4. The van der Waals surface area contributed by atoms with Crippen LogP contribution in [0, 0.1) is 5.92 Å². The molecule has 1 atom stereocenters. The van der Waals surface area contributed by atoms with Gasteiger partial charge < -0.3 is 14.5 Å². The van der Waals surface area contributed by atoms with E-state index in [1.807, 2.05) is 6.92 Å². The molecule has 0 bridgehead atoms. The van der Waals surface area contributed by atoms with E-state index in [4.69, 9.17) is 4.74 Å². The first-order valence-electron chi connectivity index (χ1n) is 10.6. The molecule has 0 aromatic heterocycles. The number of fused-ring (bicyclic) bond motifs is 3. The average molecular weight is 413 g/mol. The Morgan fingerprint density at radius 2 is 1.97 bits per heavy atom. The van der Waals surface area contributed by atoms with Gasteiger partial charge in [-0.15, -0.1) is 0 Å². The van der Waals surface area contributed by atoms with Gasteiger partial charge in [0, 0.05) is 33.0 Å². The van der Waals surface area contributed by atoms with E-state index in [2.05, 4.69) is 0 Å². The summed E-state index contributed by atoms with van der Waals surface area (Å²) in [7, 11) is 1.50. The summed E-state index contributed by atoms with van der Waals surface area (Å²) in [6.45, 7) is 2.92. The zero-order valence-electron chi connectivity index (χ0n) is 17.4. The Bertz CT molecular complexity index is 897. The van der Waals surface area contributed by atoms with E-state index in [-0.39, 0.29) is 37.2 Å². The minimum atomic E-state index is -1.55. The number of benzene rings is 1. The van der Waals surface area contributed by atoms with Gasteiger partial charge >= 0.3 is 5.97 Å². The van der Waals surface area contributed by atoms with Crippen LogP contribution in [0.1, 0.15) is 49.4 Å². The SMILES string of the molecule is CCCN(CC1CC1)C(=O)COC(=O)C12CCC(=O)N1c1ccccc1C(=O)N2C. The Kier molecular flexibility index (Phi) is 5.26. The van der Waals surface area contributed by atoms with E-state index >= 15 is 0 Å². The van der Waals surface area contributed by atoms with Crippen molar-refractivity contribution in [3.8, 4) is 0 Å². The van der Waals surface area contributed by atoms with Crippen LogP contribution in [0.25, 0.3) is 0 Å². The number of hydrogen-bond acceptors (Lipinski definition) is 5. The fourth-order valence-corrected chi connectivity index (χ4v) is 4.42. The third-order valence-corrected chi connectivity index (χ3v) is 6.22. The van der Waals surface area contributed by atoms with Crippen LogP contribution in [0.15, 0.2) is 24.3 Å². The standard InChI is InChI=1S/C22H27N3O5/c1-3-12-24(13-15-8-9-15)19(27)14-30-21(29)22-11-10-18(26)25(22)17-7-5-4-6-16(17)20(28)23(22)2/h4-7,15H,3,8-14H2,1-2H3. The Balaban J connectivity index is 1.55. The molecule has 8 heteroatoms. The van der Waals surface area contributed by atoms with Crippen molar-refractivity contribution in [2.24, 2.45) is 5.92 Å². The molecule has 2 heterocycles. The number of likely N-dealkylation sites (N-methyl/N-ethyl adjacent to an activating group) is 1. The first-order valence-corrected chi connectivity index (χ1v) is 10.6. The van der Waals surface area contributed by atoms with E-state index in [1.165, 1.54) is 16.8 Å². The molecule has 1 aliphatic carbocycles. The van der Waals surface area contributed by atoms with Gasteiger partial charge in [-0.05, 0) is 37.3 Å². The lowest BCUT2D eigenvalue weighted by Gasteiger charge is -2.46. The quantitative estimate of drug-likeness (QED) is 0.636. The Hall–Kier alpha value is -2.90. The van der Waals surface area contributed by atoms with E-state index < -0.39 is 11.6 Å². The highest BCUT2D eigenvalue weighted by Gasteiger charge is 2.60. The summed E-state index contributed by atoms with van der Waals surface area (Å²) in [5.74, 6) is -1.03. The Morgan fingerprint density at radius 3 is 2.67 bits per heavy atom. The smallest absolute Gasteiger partial charge is 0.354 e. The minimum Gasteiger partial charge on any atom is -0.452 e. The summed E-state index contributed by atoms with van der Waals surface area (Å²) in [6, 6.07) is 6.74. The number of nitrogens with zero attached hydrogens (tertiary/aromatic N) is 3. The maximum Gasteiger partial charge on any atom is 0.354 e. The zero-order chi connectivity index (χ0) is 21.5. The number of ether oxygens (including phenoxy) is 1. The molecule has 4 rings (SSSR count). The number of amides is 3. The van der Waals surface area contributed by atoms with Crippen LogP contribution in [0.2, 0.25) is 0 Å². The van der Waals surface area contributed by atoms with Crippen molar-refractivity contribution in [3.05, 3.63) is 29.8 Å². The van der Waals surface area contributed by atoms with Gasteiger partial charge in [0.2, 0.25) is 11.6 Å². The monoisotopic (exact) mass is 413 g/mol. The van der Waals surface area contributed by atoms with E-state index in [9.17, 15) is 19.2 Å². The van der Waals surface area contributed by atoms with Gasteiger partial charge in [-0.1, -0.05) is 19.1 Å². The lowest BCUT2D eigenvalue weighted by molar-refractivity contribution is -0.161. The molecule has 30 heavy (non-hydrogen) atoms. The molecule has 0 radical (unpaired) electrons. The second kappa shape index (κ2) is 7.74. The van der Waals surface area contributed by atoms with Gasteiger partial charge in [-0.3, -0.25) is 19.3 Å². The maximum absolute atomic E-state index is 13.3. The lowest BCUT2D eigenvalue weighted by atomic mass is 9.97. The molecule has 3 aliphatic rings. The van der Waals surface area contributed by atoms with Crippen LogP contribution in [-0.2, 0) is 19.1 Å². The third kappa shape index (κ3) is 3.24. The summed E-state index contributed by atoms with van der Waals surface area (Å²) in [4.78, 5) is 55.9. The van der Waals surface area contributed by atoms with Crippen LogP contribution >= 0.6 is 0 Å². The van der Waals surface area contributed by atoms with Gasteiger partial charge in [0.25, 0.3) is 11.8 Å². The van der Waals surface area contributed by atoms with Crippen LogP contribution in [0.5, 0.6) is 0 Å². The molecular weight excluding hydrogens is 386 g/mol. The van der Waals surface area contributed by atoms with Crippen molar-refractivity contribution in [3.63, 3.8) is 0 Å². The molecule has 1 aromatic rings. The van der Waals surface area contributed by atoms with Crippen molar-refractivity contribution in [2.75, 3.05) is 31.6 Å². The largest absolute Gasteiger partial charge is 0.452 e. The normalized spacial score (nSPS) is 22.6. The molecule has 160 valence electrons. The van der Waals surface area contributed by atoms with Crippen molar-refractivity contribution in [1.82, 2.24) is 9.80 Å². The van der Waals surface area contributed by atoms with Crippen LogP contribution < -0.4 is 4.90 Å². The lowest BCUT2D eigenvalue weighted by Crippen LogP contribution is -2.67. The summed E-state index contributed by atoms with van der Waals surface area (Å²) >= 11 is 0. The second-order valence-corrected chi connectivity index (χ2v) is 8.29. The minimum absolute atomic E-state index is 0.124. The highest BCUT2D eigenvalue weighted by Crippen LogP contribution is 2.44. The number of carbonyl (C=O) groups excluding carboxylic acids is 4. The van der Waals surface area contributed by atoms with E-state index in [0.717, 1.165) is 19.3 Å². The summed E-state index contributed by atoms with van der Waals surface area (Å²) in [5, 5.41) is 0. The molecule has 8 nitrogen and oxygen atoms in total. The summed E-state index contributed by atoms with van der Waals surface area (Å²) in [6.07, 6.45) is 3.33. The van der Waals surface area contributed by atoms with Crippen LogP contribution in [-0.4, -0.2) is 65.9 Å². The molecule has 1 saturated carbocycles. The highest BCUT2D eigenvalue weighted by molar-refractivity contribution is 6.15. The second-order valence-electron chi connectivity index (χ2n) is 8.29.